The van der Waals surface area contributed by atoms with E-state index in [-0.39, 0.29) is 5.91 Å². The van der Waals surface area contributed by atoms with E-state index in [1.54, 1.807) is 24.4 Å². The molecule has 1 aliphatic rings. The number of carboxylic acids is 1. The Kier molecular flexibility index (Phi) is 4.97. The van der Waals surface area contributed by atoms with Gasteiger partial charge in [-0.3, -0.25) is 9.78 Å². The first-order valence-electron chi connectivity index (χ1n) is 8.23. The molecule has 1 N–H and O–H groups in total. The second-order valence-corrected chi connectivity index (χ2v) is 6.12. The third kappa shape index (κ3) is 3.96. The van der Waals surface area contributed by atoms with E-state index in [0.29, 0.717) is 37.3 Å². The molecule has 0 bridgehead atoms. The van der Waals surface area contributed by atoms with E-state index in [2.05, 4.69) is 4.98 Å². The summed E-state index contributed by atoms with van der Waals surface area (Å²) < 4.78 is 5.69. The topological polar surface area (TPSA) is 79.7 Å². The van der Waals surface area contributed by atoms with E-state index in [1.807, 2.05) is 25.1 Å². The zero-order chi connectivity index (χ0) is 17.8. The van der Waals surface area contributed by atoms with Crippen molar-refractivity contribution in [2.45, 2.75) is 32.4 Å². The van der Waals surface area contributed by atoms with Gasteiger partial charge in [0.25, 0.3) is 5.91 Å². The SMILES string of the molecule is Cc1ccc(OCc2cccc(C(=O)N3CCC[C@@H]3C(=O)O)c2)cn1. The van der Waals surface area contributed by atoms with E-state index in [4.69, 9.17) is 4.74 Å². The lowest BCUT2D eigenvalue weighted by Crippen LogP contribution is -2.40. The van der Waals surface area contributed by atoms with Crippen molar-refractivity contribution in [3.8, 4) is 5.75 Å². The molecule has 0 aliphatic carbocycles. The molecule has 1 aliphatic heterocycles. The third-order valence-corrected chi connectivity index (χ3v) is 4.26. The van der Waals surface area contributed by atoms with Gasteiger partial charge in [-0.25, -0.2) is 4.79 Å². The summed E-state index contributed by atoms with van der Waals surface area (Å²) in [6, 6.07) is 10.1. The molecule has 1 atom stereocenters. The largest absolute Gasteiger partial charge is 0.487 e. The summed E-state index contributed by atoms with van der Waals surface area (Å²) in [5, 5.41) is 9.24. The first-order chi connectivity index (χ1) is 12.0. The van der Waals surface area contributed by atoms with Gasteiger partial charge in [0.15, 0.2) is 0 Å². The summed E-state index contributed by atoms with van der Waals surface area (Å²) in [4.78, 5) is 29.5. The van der Waals surface area contributed by atoms with Crippen molar-refractivity contribution >= 4 is 11.9 Å². The van der Waals surface area contributed by atoms with E-state index >= 15 is 0 Å². The van der Waals surface area contributed by atoms with Gasteiger partial charge >= 0.3 is 5.97 Å². The number of hydrogen-bond acceptors (Lipinski definition) is 4. The van der Waals surface area contributed by atoms with Gasteiger partial charge in [0.2, 0.25) is 0 Å². The maximum Gasteiger partial charge on any atom is 0.326 e. The van der Waals surface area contributed by atoms with Crippen LogP contribution in [-0.4, -0.2) is 39.5 Å². The van der Waals surface area contributed by atoms with Crippen LogP contribution in [0.1, 0.15) is 34.5 Å². The molecule has 1 saturated heterocycles. The molecule has 0 spiro atoms. The number of carbonyl (C=O) groups is 2. The molecule has 0 saturated carbocycles. The number of aliphatic carboxylic acids is 1. The molecule has 6 nitrogen and oxygen atoms in total. The fourth-order valence-corrected chi connectivity index (χ4v) is 2.93. The summed E-state index contributed by atoms with van der Waals surface area (Å²) in [5.41, 5.74) is 2.24. The highest BCUT2D eigenvalue weighted by atomic mass is 16.5. The zero-order valence-electron chi connectivity index (χ0n) is 14.0. The number of likely N-dealkylation sites (tertiary alicyclic amines) is 1. The second kappa shape index (κ2) is 7.34. The Morgan fingerprint density at radius 2 is 2.16 bits per heavy atom. The van der Waals surface area contributed by atoms with Gasteiger partial charge in [-0.15, -0.1) is 0 Å². The van der Waals surface area contributed by atoms with Gasteiger partial charge in [-0.05, 0) is 49.6 Å². The van der Waals surface area contributed by atoms with Crippen molar-refractivity contribution in [3.63, 3.8) is 0 Å². The zero-order valence-corrected chi connectivity index (χ0v) is 14.0. The number of aryl methyl sites for hydroxylation is 1. The standard InChI is InChI=1S/C19H20N2O4/c1-13-7-8-16(11-20-13)25-12-14-4-2-5-15(10-14)18(22)21-9-3-6-17(21)19(23)24/h2,4-5,7-8,10-11,17H,3,6,9,12H2,1H3,(H,23,24)/t17-/m1/s1. The third-order valence-electron chi connectivity index (χ3n) is 4.26. The Balaban J connectivity index is 1.69. The number of ether oxygens (including phenoxy) is 1. The Labute approximate surface area is 146 Å². The summed E-state index contributed by atoms with van der Waals surface area (Å²) in [5.74, 6) is -0.534. The summed E-state index contributed by atoms with van der Waals surface area (Å²) in [6.45, 7) is 2.70. The van der Waals surface area contributed by atoms with Gasteiger partial charge < -0.3 is 14.7 Å². The Morgan fingerprint density at radius 1 is 1.32 bits per heavy atom. The van der Waals surface area contributed by atoms with Crippen molar-refractivity contribution in [2.75, 3.05) is 6.54 Å². The minimum atomic E-state index is -0.947. The number of amides is 1. The second-order valence-electron chi connectivity index (χ2n) is 6.12. The van der Waals surface area contributed by atoms with Crippen LogP contribution in [0.25, 0.3) is 0 Å². The molecule has 2 aromatic rings. The fourth-order valence-electron chi connectivity index (χ4n) is 2.93. The van der Waals surface area contributed by atoms with Gasteiger partial charge in [0, 0.05) is 17.8 Å². The Hall–Kier alpha value is -2.89. The van der Waals surface area contributed by atoms with E-state index in [9.17, 15) is 14.7 Å². The van der Waals surface area contributed by atoms with Gasteiger partial charge in [0.05, 0.1) is 6.20 Å². The van der Waals surface area contributed by atoms with Crippen LogP contribution >= 0.6 is 0 Å². The fraction of sp³-hybridized carbons (Fsp3) is 0.316. The van der Waals surface area contributed by atoms with E-state index in [1.165, 1.54) is 4.90 Å². The predicted octanol–water partition coefficient (Wildman–Crippen LogP) is 2.66. The normalized spacial score (nSPS) is 16.7. The first kappa shape index (κ1) is 17.0. The van der Waals surface area contributed by atoms with Crippen molar-refractivity contribution in [2.24, 2.45) is 0 Å². The van der Waals surface area contributed by atoms with Crippen LogP contribution in [0, 0.1) is 6.92 Å². The minimum absolute atomic E-state index is 0.247. The lowest BCUT2D eigenvalue weighted by molar-refractivity contribution is -0.141. The minimum Gasteiger partial charge on any atom is -0.487 e. The van der Waals surface area contributed by atoms with Gasteiger partial charge in [0.1, 0.15) is 18.4 Å². The van der Waals surface area contributed by atoms with Crippen LogP contribution in [-0.2, 0) is 11.4 Å². The quantitative estimate of drug-likeness (QED) is 0.905. The molecule has 1 aromatic heterocycles. The summed E-state index contributed by atoms with van der Waals surface area (Å²) in [7, 11) is 0. The molecular formula is C19H20N2O4. The predicted molar refractivity (Wildman–Crippen MR) is 91.4 cm³/mol. The molecule has 1 fully saturated rings. The number of benzene rings is 1. The molecule has 1 aromatic carbocycles. The van der Waals surface area contributed by atoms with Crippen LogP contribution in [0.3, 0.4) is 0 Å². The maximum atomic E-state index is 12.6. The van der Waals surface area contributed by atoms with Crippen LogP contribution in [0.5, 0.6) is 5.75 Å². The molecule has 3 rings (SSSR count). The number of nitrogens with zero attached hydrogens (tertiary/aromatic N) is 2. The number of hydrogen-bond donors (Lipinski definition) is 1. The monoisotopic (exact) mass is 340 g/mol. The van der Waals surface area contributed by atoms with E-state index in [0.717, 1.165) is 11.3 Å². The van der Waals surface area contributed by atoms with Gasteiger partial charge in [-0.2, -0.15) is 0 Å². The molecule has 6 heteroatoms. The van der Waals surface area contributed by atoms with Crippen LogP contribution in [0.4, 0.5) is 0 Å². The number of pyridine rings is 1. The molecular weight excluding hydrogens is 320 g/mol. The first-order valence-corrected chi connectivity index (χ1v) is 8.23. The molecule has 1 amide bonds. The van der Waals surface area contributed by atoms with Crippen LogP contribution in [0.2, 0.25) is 0 Å². The highest BCUT2D eigenvalue weighted by molar-refractivity contribution is 5.97. The lowest BCUT2D eigenvalue weighted by atomic mass is 10.1. The highest BCUT2D eigenvalue weighted by Gasteiger charge is 2.34. The van der Waals surface area contributed by atoms with E-state index < -0.39 is 12.0 Å². The van der Waals surface area contributed by atoms with Gasteiger partial charge in [-0.1, -0.05) is 12.1 Å². The highest BCUT2D eigenvalue weighted by Crippen LogP contribution is 2.21. The molecule has 25 heavy (non-hydrogen) atoms. The van der Waals surface area contributed by atoms with Crippen molar-refractivity contribution in [1.29, 1.82) is 0 Å². The number of carboxylic acid groups (broad SMARTS) is 1. The number of rotatable bonds is 5. The summed E-state index contributed by atoms with van der Waals surface area (Å²) in [6.07, 6.45) is 2.88. The molecule has 0 radical (unpaired) electrons. The molecule has 2 heterocycles. The van der Waals surface area contributed by atoms with Crippen LogP contribution in [0.15, 0.2) is 42.6 Å². The maximum absolute atomic E-state index is 12.6. The van der Waals surface area contributed by atoms with Crippen molar-refractivity contribution in [3.05, 3.63) is 59.4 Å². The average molecular weight is 340 g/mol. The Bertz CT molecular complexity index is 773. The van der Waals surface area contributed by atoms with Crippen molar-refractivity contribution < 1.29 is 19.4 Å². The van der Waals surface area contributed by atoms with Crippen molar-refractivity contribution in [1.82, 2.24) is 9.88 Å². The number of aromatic nitrogens is 1. The molecule has 0 unspecified atom stereocenters. The number of carbonyl (C=O) groups excluding carboxylic acids is 1. The molecule has 130 valence electrons. The lowest BCUT2D eigenvalue weighted by Gasteiger charge is -2.21. The Morgan fingerprint density at radius 3 is 2.88 bits per heavy atom. The average Bonchev–Trinajstić information content (AvgIpc) is 3.11. The smallest absolute Gasteiger partial charge is 0.326 e. The summed E-state index contributed by atoms with van der Waals surface area (Å²) >= 11 is 0. The van der Waals surface area contributed by atoms with Crippen LogP contribution < -0.4 is 4.74 Å².